The zero-order valence-corrected chi connectivity index (χ0v) is 11.9. The summed E-state index contributed by atoms with van der Waals surface area (Å²) in [5, 5.41) is 12.5. The van der Waals surface area contributed by atoms with E-state index >= 15 is 0 Å². The highest BCUT2D eigenvalue weighted by molar-refractivity contribution is 5.78. The average Bonchev–Trinajstić information content (AvgIpc) is 2.37. The second kappa shape index (κ2) is 7.31. The highest BCUT2D eigenvalue weighted by atomic mass is 19.1. The summed E-state index contributed by atoms with van der Waals surface area (Å²) in [5.41, 5.74) is -0.341. The van der Waals surface area contributed by atoms with E-state index in [1.807, 2.05) is 0 Å². The van der Waals surface area contributed by atoms with Crippen LogP contribution in [-0.2, 0) is 4.79 Å². The first-order valence-corrected chi connectivity index (χ1v) is 6.39. The monoisotopic (exact) mass is 286 g/mol. The molecule has 0 fully saturated rings. The number of nitrogens with one attached hydrogen (secondary N) is 1. The number of carbonyl (C=O) groups excluding carboxylic acids is 1. The Morgan fingerprint density at radius 2 is 1.90 bits per heavy atom. The van der Waals surface area contributed by atoms with Crippen molar-refractivity contribution in [3.8, 4) is 0 Å². The zero-order chi connectivity index (χ0) is 15.3. The van der Waals surface area contributed by atoms with Gasteiger partial charge in [0.05, 0.1) is 11.7 Å². The third-order valence-corrected chi connectivity index (χ3v) is 3.10. The average molecular weight is 286 g/mol. The normalized spacial score (nSPS) is 14.2. The minimum atomic E-state index is -1.28. The van der Waals surface area contributed by atoms with Crippen LogP contribution in [0.1, 0.15) is 18.6 Å². The van der Waals surface area contributed by atoms with Crippen LogP contribution in [0, 0.1) is 17.6 Å². The van der Waals surface area contributed by atoms with Gasteiger partial charge in [0.2, 0.25) is 5.91 Å². The van der Waals surface area contributed by atoms with Gasteiger partial charge in [-0.1, -0.05) is 13.0 Å². The first-order chi connectivity index (χ1) is 9.36. The van der Waals surface area contributed by atoms with E-state index in [-0.39, 0.29) is 23.9 Å². The van der Waals surface area contributed by atoms with E-state index in [1.54, 1.807) is 25.9 Å². The fraction of sp³-hybridized carbons (Fsp3) is 0.500. The summed E-state index contributed by atoms with van der Waals surface area (Å²) in [7, 11) is 3.23. The molecular formula is C14H20F2N2O2. The molecule has 0 heterocycles. The van der Waals surface area contributed by atoms with E-state index in [2.05, 4.69) is 5.32 Å². The Kier molecular flexibility index (Phi) is 6.04. The van der Waals surface area contributed by atoms with Gasteiger partial charge in [0.15, 0.2) is 0 Å². The lowest BCUT2D eigenvalue weighted by atomic mass is 10.1. The molecule has 1 aromatic carbocycles. The molecule has 2 unspecified atom stereocenters. The van der Waals surface area contributed by atoms with Gasteiger partial charge in [0, 0.05) is 26.1 Å². The summed E-state index contributed by atoms with van der Waals surface area (Å²) in [6.07, 6.45) is -1.28. The number of carbonyl (C=O) groups is 1. The maximum Gasteiger partial charge on any atom is 0.223 e. The minimum absolute atomic E-state index is 0.0409. The van der Waals surface area contributed by atoms with Crippen molar-refractivity contribution in [3.05, 3.63) is 35.4 Å². The summed E-state index contributed by atoms with van der Waals surface area (Å²) in [6, 6.07) is 3.46. The van der Waals surface area contributed by atoms with Crippen molar-refractivity contribution < 1.29 is 18.7 Å². The summed E-state index contributed by atoms with van der Waals surface area (Å²) in [6.45, 7) is 2.16. The Hall–Kier alpha value is -1.53. The molecule has 20 heavy (non-hydrogen) atoms. The molecule has 0 aliphatic heterocycles. The molecule has 2 N–H and O–H groups in total. The van der Waals surface area contributed by atoms with Gasteiger partial charge in [-0.25, -0.2) is 8.78 Å². The van der Waals surface area contributed by atoms with Crippen LogP contribution >= 0.6 is 0 Å². The van der Waals surface area contributed by atoms with Crippen LogP contribution in [-0.4, -0.2) is 43.1 Å². The Morgan fingerprint density at radius 1 is 1.35 bits per heavy atom. The van der Waals surface area contributed by atoms with E-state index in [0.717, 1.165) is 12.1 Å². The van der Waals surface area contributed by atoms with Gasteiger partial charge in [-0.15, -0.1) is 0 Å². The number of aliphatic hydroxyl groups excluding tert-OH is 1. The van der Waals surface area contributed by atoms with Gasteiger partial charge in [-0.05, 0) is 19.2 Å². The number of nitrogens with zero attached hydrogens (tertiary/aromatic N) is 1. The van der Waals surface area contributed by atoms with E-state index in [9.17, 15) is 18.7 Å². The fourth-order valence-electron chi connectivity index (χ4n) is 2.09. The molecule has 6 heteroatoms. The molecule has 0 saturated carbocycles. The SMILES string of the molecule is CNC(=O)C(C)CN(C)CC(O)c1c(F)cccc1F. The van der Waals surface area contributed by atoms with Gasteiger partial charge >= 0.3 is 0 Å². The van der Waals surface area contributed by atoms with Crippen molar-refractivity contribution in [2.45, 2.75) is 13.0 Å². The number of amides is 1. The van der Waals surface area contributed by atoms with Crippen LogP contribution in [0.4, 0.5) is 8.78 Å². The number of hydrogen-bond donors (Lipinski definition) is 2. The van der Waals surface area contributed by atoms with Crippen molar-refractivity contribution in [2.24, 2.45) is 5.92 Å². The first-order valence-electron chi connectivity index (χ1n) is 6.39. The molecule has 0 saturated heterocycles. The van der Waals surface area contributed by atoms with Crippen LogP contribution < -0.4 is 5.32 Å². The van der Waals surface area contributed by atoms with E-state index < -0.39 is 17.7 Å². The van der Waals surface area contributed by atoms with Gasteiger partial charge in [-0.2, -0.15) is 0 Å². The molecule has 4 nitrogen and oxygen atoms in total. The smallest absolute Gasteiger partial charge is 0.223 e. The van der Waals surface area contributed by atoms with Gasteiger partial charge in [0.25, 0.3) is 0 Å². The molecule has 0 aromatic heterocycles. The number of hydrogen-bond acceptors (Lipinski definition) is 3. The highest BCUT2D eigenvalue weighted by Gasteiger charge is 2.21. The van der Waals surface area contributed by atoms with Crippen molar-refractivity contribution in [1.29, 1.82) is 0 Å². The van der Waals surface area contributed by atoms with Crippen LogP contribution in [0.15, 0.2) is 18.2 Å². The summed E-state index contributed by atoms with van der Waals surface area (Å²) < 4.78 is 27.0. The van der Waals surface area contributed by atoms with Crippen molar-refractivity contribution in [1.82, 2.24) is 10.2 Å². The van der Waals surface area contributed by atoms with E-state index in [4.69, 9.17) is 0 Å². The van der Waals surface area contributed by atoms with Crippen molar-refractivity contribution in [3.63, 3.8) is 0 Å². The van der Waals surface area contributed by atoms with Crippen LogP contribution in [0.2, 0.25) is 0 Å². The van der Waals surface area contributed by atoms with E-state index in [1.165, 1.54) is 6.07 Å². The lowest BCUT2D eigenvalue weighted by molar-refractivity contribution is -0.124. The summed E-state index contributed by atoms with van der Waals surface area (Å²) in [4.78, 5) is 13.1. The number of rotatable bonds is 6. The Balaban J connectivity index is 2.66. The molecule has 112 valence electrons. The first kappa shape index (κ1) is 16.5. The largest absolute Gasteiger partial charge is 0.387 e. The predicted molar refractivity (Wildman–Crippen MR) is 72.0 cm³/mol. The molecule has 1 rings (SSSR count). The quantitative estimate of drug-likeness (QED) is 0.829. The lowest BCUT2D eigenvalue weighted by Crippen LogP contribution is -2.36. The Labute approximate surface area is 117 Å². The van der Waals surface area contributed by atoms with Gasteiger partial charge in [-0.3, -0.25) is 4.79 Å². The highest BCUT2D eigenvalue weighted by Crippen LogP contribution is 2.21. The molecule has 0 aliphatic carbocycles. The lowest BCUT2D eigenvalue weighted by Gasteiger charge is -2.23. The number of likely N-dealkylation sites (N-methyl/N-ethyl adjacent to an activating group) is 1. The Morgan fingerprint density at radius 3 is 2.40 bits per heavy atom. The number of halogens is 2. The van der Waals surface area contributed by atoms with Crippen LogP contribution in [0.5, 0.6) is 0 Å². The molecule has 1 amide bonds. The Bertz CT molecular complexity index is 448. The topological polar surface area (TPSA) is 52.6 Å². The second-order valence-corrected chi connectivity index (χ2v) is 4.89. The van der Waals surface area contributed by atoms with Crippen molar-refractivity contribution in [2.75, 3.05) is 27.2 Å². The molecule has 2 atom stereocenters. The standard InChI is InChI=1S/C14H20F2N2O2/c1-9(14(20)17-2)7-18(3)8-12(19)13-10(15)5-4-6-11(13)16/h4-6,9,12,19H,7-8H2,1-3H3,(H,17,20). The molecule has 0 bridgehead atoms. The fourth-order valence-corrected chi connectivity index (χ4v) is 2.09. The predicted octanol–water partition coefficient (Wildman–Crippen LogP) is 1.31. The maximum absolute atomic E-state index is 13.5. The van der Waals surface area contributed by atoms with Crippen molar-refractivity contribution >= 4 is 5.91 Å². The van der Waals surface area contributed by atoms with Gasteiger partial charge < -0.3 is 15.3 Å². The third-order valence-electron chi connectivity index (χ3n) is 3.10. The summed E-state index contributed by atoms with van der Waals surface area (Å²) >= 11 is 0. The maximum atomic E-state index is 13.5. The molecular weight excluding hydrogens is 266 g/mol. The molecule has 0 spiro atoms. The summed E-state index contributed by atoms with van der Waals surface area (Å²) in [5.74, 6) is -1.94. The van der Waals surface area contributed by atoms with Crippen LogP contribution in [0.3, 0.4) is 0 Å². The minimum Gasteiger partial charge on any atom is -0.387 e. The third kappa shape index (κ3) is 4.25. The number of benzene rings is 1. The molecule has 0 aliphatic rings. The number of aliphatic hydroxyl groups is 1. The van der Waals surface area contributed by atoms with Crippen LogP contribution in [0.25, 0.3) is 0 Å². The molecule has 1 aromatic rings. The zero-order valence-electron chi connectivity index (χ0n) is 11.9. The second-order valence-electron chi connectivity index (χ2n) is 4.89. The molecule has 0 radical (unpaired) electrons. The van der Waals surface area contributed by atoms with Gasteiger partial charge in [0.1, 0.15) is 11.6 Å². The van der Waals surface area contributed by atoms with E-state index in [0.29, 0.717) is 6.54 Å².